The smallest absolute Gasteiger partial charge is 0.0538 e. The molecule has 0 amide bonds. The second kappa shape index (κ2) is 3.80. The fourth-order valence-corrected chi connectivity index (χ4v) is 2.14. The van der Waals surface area contributed by atoms with Crippen LogP contribution in [0.2, 0.25) is 0 Å². The van der Waals surface area contributed by atoms with Crippen molar-refractivity contribution in [1.82, 2.24) is 0 Å². The number of hydrogen-bond acceptors (Lipinski definition) is 2. The van der Waals surface area contributed by atoms with Crippen LogP contribution in [0.4, 0.5) is 11.4 Å². The van der Waals surface area contributed by atoms with E-state index < -0.39 is 0 Å². The third-order valence-corrected chi connectivity index (χ3v) is 3.02. The van der Waals surface area contributed by atoms with Gasteiger partial charge in [0.25, 0.3) is 0 Å². The molecule has 0 radical (unpaired) electrons. The minimum absolute atomic E-state index is 0.518. The molecule has 4 heteroatoms. The summed E-state index contributed by atoms with van der Waals surface area (Å²) in [7, 11) is 0. The summed E-state index contributed by atoms with van der Waals surface area (Å²) in [5.74, 6) is 0. The fraction of sp³-hybridized carbons (Fsp3) is 0. The predicted molar refractivity (Wildman–Crippen MR) is 70.9 cm³/mol. The molecule has 0 bridgehead atoms. The van der Waals surface area contributed by atoms with Gasteiger partial charge in [0.1, 0.15) is 0 Å². The number of diazo groups is 2. The van der Waals surface area contributed by atoms with E-state index in [4.69, 9.17) is 10.8 Å². The molecule has 18 heavy (non-hydrogen) atoms. The van der Waals surface area contributed by atoms with Gasteiger partial charge < -0.3 is 0 Å². The molecule has 0 N–H and O–H groups in total. The highest BCUT2D eigenvalue weighted by molar-refractivity contribution is 6.04. The summed E-state index contributed by atoms with van der Waals surface area (Å²) in [5.41, 5.74) is 1.06. The molecule has 0 aliphatic rings. The maximum atomic E-state index is 8.97. The zero-order chi connectivity index (χ0) is 12.5. The monoisotopic (exact) mass is 232 g/mol. The lowest BCUT2D eigenvalue weighted by Crippen LogP contribution is -1.76. The molecule has 3 aromatic rings. The third kappa shape index (κ3) is 1.45. The van der Waals surface area contributed by atoms with Crippen molar-refractivity contribution in [2.45, 2.75) is 0 Å². The molecular weight excluding hydrogens is 224 g/mol. The molecular formula is C14H8N4+2. The molecule has 0 spiro atoms. The summed E-state index contributed by atoms with van der Waals surface area (Å²) in [4.78, 5) is 6.46. The Morgan fingerprint density at radius 3 is 2.39 bits per heavy atom. The molecule has 0 atom stereocenters. The summed E-state index contributed by atoms with van der Waals surface area (Å²) in [6.07, 6.45) is 0. The second-order valence-electron chi connectivity index (χ2n) is 4.08. The molecule has 0 aromatic heterocycles. The first-order valence-corrected chi connectivity index (χ1v) is 5.48. The Labute approximate surface area is 103 Å². The Kier molecular flexibility index (Phi) is 2.15. The third-order valence-electron chi connectivity index (χ3n) is 3.02. The normalized spacial score (nSPS) is 10.1. The Bertz CT molecular complexity index is 852. The zero-order valence-corrected chi connectivity index (χ0v) is 9.41. The Morgan fingerprint density at radius 1 is 0.722 bits per heavy atom. The highest BCUT2D eigenvalue weighted by Gasteiger charge is 2.13. The van der Waals surface area contributed by atoms with Crippen LogP contribution in [0, 0.1) is 10.8 Å². The lowest BCUT2D eigenvalue weighted by Gasteiger charge is -1.98. The van der Waals surface area contributed by atoms with E-state index in [9.17, 15) is 0 Å². The quantitative estimate of drug-likeness (QED) is 0.406. The summed E-state index contributed by atoms with van der Waals surface area (Å²) in [6.45, 7) is 0. The van der Waals surface area contributed by atoms with Crippen molar-refractivity contribution in [1.29, 1.82) is 10.8 Å². The van der Waals surface area contributed by atoms with E-state index in [0.717, 1.165) is 21.5 Å². The molecule has 3 rings (SSSR count). The number of nitrogens with zero attached hydrogens (tertiary/aromatic N) is 4. The molecule has 0 heterocycles. The molecule has 0 saturated heterocycles. The lowest BCUT2D eigenvalue weighted by molar-refractivity contribution is 1.47. The molecule has 82 valence electrons. The van der Waals surface area contributed by atoms with Gasteiger partial charge in [0.05, 0.1) is 5.39 Å². The first-order valence-electron chi connectivity index (χ1n) is 5.48. The van der Waals surface area contributed by atoms with Crippen molar-refractivity contribution in [3.05, 3.63) is 58.5 Å². The molecule has 0 saturated carbocycles. The average molecular weight is 232 g/mol. The summed E-state index contributed by atoms with van der Waals surface area (Å²) in [5, 5.41) is 21.6. The van der Waals surface area contributed by atoms with Crippen LogP contribution in [0.1, 0.15) is 0 Å². The van der Waals surface area contributed by atoms with Gasteiger partial charge in [-0.2, -0.15) is 0 Å². The molecule has 0 fully saturated rings. The van der Waals surface area contributed by atoms with E-state index in [1.54, 1.807) is 18.2 Å². The van der Waals surface area contributed by atoms with Gasteiger partial charge in [0.15, 0.2) is 9.95 Å². The minimum Gasteiger partial charge on any atom is -0.0538 e. The molecule has 0 aliphatic carbocycles. The van der Waals surface area contributed by atoms with Crippen LogP contribution >= 0.6 is 0 Å². The van der Waals surface area contributed by atoms with Gasteiger partial charge in [-0.05, 0) is 34.4 Å². The average Bonchev–Trinajstić information content (AvgIpc) is 2.43. The predicted octanol–water partition coefficient (Wildman–Crippen LogP) is 4.96. The first-order chi connectivity index (χ1) is 8.81. The van der Waals surface area contributed by atoms with Crippen molar-refractivity contribution in [3.63, 3.8) is 0 Å². The van der Waals surface area contributed by atoms with Gasteiger partial charge in [0, 0.05) is 18.2 Å². The van der Waals surface area contributed by atoms with Crippen molar-refractivity contribution < 1.29 is 0 Å². The van der Waals surface area contributed by atoms with E-state index in [-0.39, 0.29) is 0 Å². The SMILES string of the molecule is N#[N+]c1ccc2cc3c([N+]#N)cccc3cc2c1. The van der Waals surface area contributed by atoms with Crippen LogP contribution < -0.4 is 0 Å². The van der Waals surface area contributed by atoms with E-state index in [1.807, 2.05) is 30.3 Å². The van der Waals surface area contributed by atoms with Crippen LogP contribution in [-0.2, 0) is 0 Å². The number of fused-ring (bicyclic) bond motifs is 2. The van der Waals surface area contributed by atoms with E-state index in [1.165, 1.54) is 0 Å². The van der Waals surface area contributed by atoms with Gasteiger partial charge >= 0.3 is 11.4 Å². The van der Waals surface area contributed by atoms with E-state index in [0.29, 0.717) is 11.4 Å². The molecule has 0 aliphatic heterocycles. The topological polar surface area (TPSA) is 56.3 Å². The number of rotatable bonds is 0. The van der Waals surface area contributed by atoms with Gasteiger partial charge in [-0.1, -0.05) is 12.1 Å². The van der Waals surface area contributed by atoms with Crippen LogP contribution in [0.25, 0.3) is 31.5 Å². The highest BCUT2D eigenvalue weighted by atomic mass is 14.8. The van der Waals surface area contributed by atoms with Crippen LogP contribution in [0.3, 0.4) is 0 Å². The van der Waals surface area contributed by atoms with Gasteiger partial charge in [-0.3, -0.25) is 0 Å². The zero-order valence-electron chi connectivity index (χ0n) is 9.41. The summed E-state index contributed by atoms with van der Waals surface area (Å²) in [6, 6.07) is 14.9. The molecule has 4 nitrogen and oxygen atoms in total. The molecule has 0 unspecified atom stereocenters. The van der Waals surface area contributed by atoms with Gasteiger partial charge in [-0.25, -0.2) is 0 Å². The van der Waals surface area contributed by atoms with Crippen molar-refractivity contribution in [2.75, 3.05) is 0 Å². The number of benzene rings is 3. The van der Waals surface area contributed by atoms with Gasteiger partial charge in [-0.15, -0.1) is 0 Å². The lowest BCUT2D eigenvalue weighted by atomic mass is 10.0. The highest BCUT2D eigenvalue weighted by Crippen LogP contribution is 2.31. The van der Waals surface area contributed by atoms with Crippen molar-refractivity contribution >= 4 is 32.9 Å². The van der Waals surface area contributed by atoms with E-state index >= 15 is 0 Å². The molecule has 3 aromatic carbocycles. The van der Waals surface area contributed by atoms with Crippen LogP contribution in [0.15, 0.2) is 48.5 Å². The van der Waals surface area contributed by atoms with Gasteiger partial charge in [0.2, 0.25) is 10.8 Å². The Balaban J connectivity index is 2.45. The van der Waals surface area contributed by atoms with Crippen LogP contribution in [0.5, 0.6) is 0 Å². The van der Waals surface area contributed by atoms with Crippen molar-refractivity contribution in [3.8, 4) is 0 Å². The fourth-order valence-electron chi connectivity index (χ4n) is 2.14. The Hall–Kier alpha value is -2.98. The summed E-state index contributed by atoms with van der Waals surface area (Å²) < 4.78 is 0. The summed E-state index contributed by atoms with van der Waals surface area (Å²) >= 11 is 0. The van der Waals surface area contributed by atoms with Crippen molar-refractivity contribution in [2.24, 2.45) is 0 Å². The van der Waals surface area contributed by atoms with Crippen LogP contribution in [-0.4, -0.2) is 0 Å². The largest absolute Gasteiger partial charge is 0.392 e. The first kappa shape index (κ1) is 10.2. The van der Waals surface area contributed by atoms with E-state index in [2.05, 4.69) is 9.95 Å². The maximum absolute atomic E-state index is 8.97. The second-order valence-corrected chi connectivity index (χ2v) is 4.08. The minimum atomic E-state index is 0.518. The maximum Gasteiger partial charge on any atom is 0.392 e. The Morgan fingerprint density at radius 2 is 1.61 bits per heavy atom. The standard InChI is InChI=1S/C14H8N4/c15-17-12-5-4-9-8-13-10(6-11(9)7-12)2-1-3-14(13)18-16/h1-8H/q+2. The number of hydrogen-bond donors (Lipinski definition) is 0.